The number of nitrogens with zero attached hydrogens (tertiary/aromatic N) is 1. The van der Waals surface area contributed by atoms with E-state index in [1.165, 1.54) is 17.4 Å². The molecule has 1 aromatic heterocycles. The summed E-state index contributed by atoms with van der Waals surface area (Å²) in [6.45, 7) is 0. The lowest BCUT2D eigenvalue weighted by Gasteiger charge is -1.95. The molecule has 0 aliphatic carbocycles. The fraction of sp³-hybridized carbons (Fsp3) is 0. The van der Waals surface area contributed by atoms with Crippen LogP contribution in [0.2, 0.25) is 0 Å². The summed E-state index contributed by atoms with van der Waals surface area (Å²) in [6, 6.07) is 2.77. The number of nitro groups is 1. The van der Waals surface area contributed by atoms with Crippen molar-refractivity contribution in [3.05, 3.63) is 37.0 Å². The van der Waals surface area contributed by atoms with Crippen LogP contribution in [0, 0.1) is 19.5 Å². The van der Waals surface area contributed by atoms with E-state index in [4.69, 9.17) is 0 Å². The van der Waals surface area contributed by atoms with Crippen LogP contribution in [0.1, 0.15) is 0 Å². The quantitative estimate of drug-likeness (QED) is 0.458. The van der Waals surface area contributed by atoms with E-state index < -0.39 is 16.4 Å². The highest BCUT2D eigenvalue weighted by Crippen LogP contribution is 2.33. The number of thiophene rings is 1. The van der Waals surface area contributed by atoms with Crippen LogP contribution in [0.3, 0.4) is 0 Å². The lowest BCUT2D eigenvalue weighted by molar-refractivity contribution is -0.387. The van der Waals surface area contributed by atoms with Gasteiger partial charge in [0.05, 0.1) is 4.92 Å². The Bertz CT molecular complexity index is 525. The highest BCUT2D eigenvalue weighted by atomic mass is 127. The van der Waals surface area contributed by atoms with Gasteiger partial charge in [-0.2, -0.15) is 4.39 Å². The van der Waals surface area contributed by atoms with Crippen LogP contribution in [-0.2, 0) is 0 Å². The third-order valence-corrected chi connectivity index (χ3v) is 4.03. The third-order valence-electron chi connectivity index (χ3n) is 1.81. The van der Waals surface area contributed by atoms with Crippen molar-refractivity contribution in [2.24, 2.45) is 0 Å². The van der Waals surface area contributed by atoms with E-state index in [-0.39, 0.29) is 0 Å². The van der Waals surface area contributed by atoms with Crippen molar-refractivity contribution in [1.29, 1.82) is 0 Å². The third kappa shape index (κ3) is 1.38. The first-order valence-electron chi connectivity index (χ1n) is 3.61. The Labute approximate surface area is 95.8 Å². The summed E-state index contributed by atoms with van der Waals surface area (Å²) in [5.41, 5.74) is -0.464. The lowest BCUT2D eigenvalue weighted by atomic mass is 10.2. The molecule has 14 heavy (non-hydrogen) atoms. The van der Waals surface area contributed by atoms with E-state index in [1.807, 2.05) is 22.6 Å². The number of hydrogen-bond donors (Lipinski definition) is 0. The van der Waals surface area contributed by atoms with Crippen LogP contribution < -0.4 is 0 Å². The summed E-state index contributed by atoms with van der Waals surface area (Å²) < 4.78 is 15.0. The second kappa shape index (κ2) is 3.43. The molecule has 0 saturated heterocycles. The standard InChI is InChI=1S/C8H3FINO2S/c9-8-5(11(12)13)1-2-6-7(8)4(10)3-14-6/h1-3H. The Morgan fingerprint density at radius 1 is 1.50 bits per heavy atom. The molecular weight excluding hydrogens is 320 g/mol. The first-order valence-corrected chi connectivity index (χ1v) is 5.56. The van der Waals surface area contributed by atoms with E-state index in [9.17, 15) is 14.5 Å². The fourth-order valence-electron chi connectivity index (χ4n) is 1.18. The molecule has 6 heteroatoms. The highest BCUT2D eigenvalue weighted by Gasteiger charge is 2.19. The predicted octanol–water partition coefficient (Wildman–Crippen LogP) is 3.55. The van der Waals surface area contributed by atoms with Crippen LogP contribution >= 0.6 is 33.9 Å². The maximum Gasteiger partial charge on any atom is 0.305 e. The number of benzene rings is 1. The van der Waals surface area contributed by atoms with Gasteiger partial charge in [-0.1, -0.05) is 0 Å². The number of fused-ring (bicyclic) bond motifs is 1. The van der Waals surface area contributed by atoms with Gasteiger partial charge in [-0.25, -0.2) is 0 Å². The van der Waals surface area contributed by atoms with Crippen molar-refractivity contribution >= 4 is 49.7 Å². The highest BCUT2D eigenvalue weighted by molar-refractivity contribution is 14.1. The summed E-state index contributed by atoms with van der Waals surface area (Å²) in [4.78, 5) is 9.76. The fourth-order valence-corrected chi connectivity index (χ4v) is 3.09. The maximum atomic E-state index is 13.6. The van der Waals surface area contributed by atoms with Crippen molar-refractivity contribution in [1.82, 2.24) is 0 Å². The zero-order valence-electron chi connectivity index (χ0n) is 6.66. The molecule has 0 aliphatic rings. The van der Waals surface area contributed by atoms with Crippen molar-refractivity contribution in [3.63, 3.8) is 0 Å². The van der Waals surface area contributed by atoms with Gasteiger partial charge in [0, 0.05) is 25.1 Å². The second-order valence-corrected chi connectivity index (χ2v) is 4.69. The molecule has 2 aromatic rings. The van der Waals surface area contributed by atoms with E-state index in [1.54, 1.807) is 11.4 Å². The van der Waals surface area contributed by atoms with Crippen molar-refractivity contribution in [2.75, 3.05) is 0 Å². The summed E-state index contributed by atoms with van der Waals surface area (Å²) >= 11 is 3.35. The molecule has 0 fully saturated rings. The molecule has 0 atom stereocenters. The Balaban J connectivity index is 2.86. The van der Waals surface area contributed by atoms with Gasteiger partial charge in [-0.05, 0) is 28.7 Å². The van der Waals surface area contributed by atoms with E-state index in [2.05, 4.69) is 0 Å². The SMILES string of the molecule is O=[N+]([O-])c1ccc2scc(I)c2c1F. The number of halogens is 2. The molecule has 3 nitrogen and oxygen atoms in total. The van der Waals surface area contributed by atoms with Crippen molar-refractivity contribution in [2.45, 2.75) is 0 Å². The van der Waals surface area contributed by atoms with Crippen LogP contribution in [-0.4, -0.2) is 4.92 Å². The van der Waals surface area contributed by atoms with Crippen LogP contribution in [0.15, 0.2) is 17.5 Å². The Hall–Kier alpha value is -0.760. The van der Waals surface area contributed by atoms with Gasteiger partial charge in [0.1, 0.15) is 0 Å². The minimum absolute atomic E-state index is 0.352. The molecule has 0 aliphatic heterocycles. The molecule has 2 rings (SSSR count). The summed E-state index contributed by atoms with van der Waals surface area (Å²) in [5.74, 6) is -0.738. The van der Waals surface area contributed by atoms with Gasteiger partial charge in [-0.15, -0.1) is 11.3 Å². The molecular formula is C8H3FINO2S. The Kier molecular flexibility index (Phi) is 2.40. The zero-order valence-corrected chi connectivity index (χ0v) is 9.63. The maximum absolute atomic E-state index is 13.6. The average molecular weight is 323 g/mol. The van der Waals surface area contributed by atoms with Crippen LogP contribution in [0.4, 0.5) is 10.1 Å². The topological polar surface area (TPSA) is 43.1 Å². The lowest BCUT2D eigenvalue weighted by Crippen LogP contribution is -1.92. The van der Waals surface area contributed by atoms with E-state index in [0.29, 0.717) is 8.96 Å². The Morgan fingerprint density at radius 3 is 2.86 bits per heavy atom. The van der Waals surface area contributed by atoms with Gasteiger partial charge in [0.25, 0.3) is 0 Å². The number of nitro benzene ring substituents is 1. The minimum Gasteiger partial charge on any atom is -0.258 e. The predicted molar refractivity (Wildman–Crippen MR) is 61.2 cm³/mol. The molecule has 1 heterocycles. The van der Waals surface area contributed by atoms with Crippen molar-refractivity contribution in [3.8, 4) is 0 Å². The molecule has 0 bridgehead atoms. The van der Waals surface area contributed by atoms with Crippen LogP contribution in [0.5, 0.6) is 0 Å². The number of hydrogen-bond acceptors (Lipinski definition) is 3. The van der Waals surface area contributed by atoms with Gasteiger partial charge in [-0.3, -0.25) is 10.1 Å². The minimum atomic E-state index is -0.738. The number of rotatable bonds is 1. The van der Waals surface area contributed by atoms with Gasteiger partial charge < -0.3 is 0 Å². The molecule has 0 radical (unpaired) electrons. The molecule has 0 N–H and O–H groups in total. The molecule has 0 unspecified atom stereocenters. The first kappa shape index (κ1) is 9.78. The molecule has 0 amide bonds. The molecule has 1 aromatic carbocycles. The first-order chi connectivity index (χ1) is 6.61. The smallest absolute Gasteiger partial charge is 0.258 e. The van der Waals surface area contributed by atoms with Gasteiger partial charge in [0.2, 0.25) is 5.82 Å². The zero-order chi connectivity index (χ0) is 10.3. The molecule has 0 spiro atoms. The summed E-state index contributed by atoms with van der Waals surface area (Å²) in [5, 5.41) is 12.6. The monoisotopic (exact) mass is 323 g/mol. The second-order valence-electron chi connectivity index (χ2n) is 2.61. The van der Waals surface area contributed by atoms with Gasteiger partial charge in [0.15, 0.2) is 0 Å². The summed E-state index contributed by atoms with van der Waals surface area (Å²) in [7, 11) is 0. The Morgan fingerprint density at radius 2 is 2.21 bits per heavy atom. The van der Waals surface area contributed by atoms with E-state index >= 15 is 0 Å². The van der Waals surface area contributed by atoms with Crippen LogP contribution in [0.25, 0.3) is 10.1 Å². The van der Waals surface area contributed by atoms with Crippen molar-refractivity contribution < 1.29 is 9.31 Å². The normalized spacial score (nSPS) is 10.7. The average Bonchev–Trinajstić information content (AvgIpc) is 2.48. The molecule has 72 valence electrons. The largest absolute Gasteiger partial charge is 0.305 e. The molecule has 0 saturated carbocycles. The van der Waals surface area contributed by atoms with Gasteiger partial charge >= 0.3 is 5.69 Å². The van der Waals surface area contributed by atoms with E-state index in [0.717, 1.165) is 4.70 Å². The summed E-state index contributed by atoms with van der Waals surface area (Å²) in [6.07, 6.45) is 0.